The number of rotatable bonds is 3. The molecule has 0 saturated carbocycles. The highest BCUT2D eigenvalue weighted by Gasteiger charge is 2.19. The number of anilines is 1. The molecular formula is C17H22N4O. The zero-order chi connectivity index (χ0) is 15.5. The van der Waals surface area contributed by atoms with Crippen LogP contribution >= 0.6 is 0 Å². The first-order chi connectivity index (χ1) is 10.6. The first-order valence-electron chi connectivity index (χ1n) is 7.75. The van der Waals surface area contributed by atoms with Gasteiger partial charge in [-0.2, -0.15) is 5.10 Å². The van der Waals surface area contributed by atoms with E-state index in [1.54, 1.807) is 0 Å². The van der Waals surface area contributed by atoms with Crippen LogP contribution in [0.3, 0.4) is 0 Å². The van der Waals surface area contributed by atoms with Gasteiger partial charge in [-0.1, -0.05) is 18.2 Å². The molecule has 2 heterocycles. The summed E-state index contributed by atoms with van der Waals surface area (Å²) in [5.74, 6) is 0.207. The summed E-state index contributed by atoms with van der Waals surface area (Å²) in [5.41, 5.74) is 5.55. The van der Waals surface area contributed by atoms with Crippen LogP contribution in [0.4, 0.5) is 5.69 Å². The fraction of sp³-hybridized carbons (Fsp3) is 0.412. The highest BCUT2D eigenvalue weighted by atomic mass is 16.2. The van der Waals surface area contributed by atoms with E-state index in [0.29, 0.717) is 13.0 Å². The Balaban J connectivity index is 1.65. The number of carbonyl (C=O) groups excluding carboxylic acids is 1. The van der Waals surface area contributed by atoms with E-state index >= 15 is 0 Å². The molecule has 2 N–H and O–H groups in total. The SMILES string of the molecule is Cc1n[nH]c(C)c1CCC(=O)N1CCNc2ccccc2C1. The summed E-state index contributed by atoms with van der Waals surface area (Å²) < 4.78 is 0. The van der Waals surface area contributed by atoms with Gasteiger partial charge in [0.2, 0.25) is 5.91 Å². The van der Waals surface area contributed by atoms with Gasteiger partial charge in [0, 0.05) is 37.4 Å². The molecule has 0 fully saturated rings. The minimum atomic E-state index is 0.207. The summed E-state index contributed by atoms with van der Waals surface area (Å²) in [7, 11) is 0. The van der Waals surface area contributed by atoms with Gasteiger partial charge in [-0.15, -0.1) is 0 Å². The lowest BCUT2D eigenvalue weighted by Crippen LogP contribution is -2.32. The van der Waals surface area contributed by atoms with Crippen LogP contribution in [0.5, 0.6) is 0 Å². The Bertz CT molecular complexity index is 658. The van der Waals surface area contributed by atoms with Gasteiger partial charge < -0.3 is 10.2 Å². The van der Waals surface area contributed by atoms with Crippen molar-refractivity contribution in [2.24, 2.45) is 0 Å². The Morgan fingerprint density at radius 1 is 1.32 bits per heavy atom. The molecule has 2 aromatic rings. The lowest BCUT2D eigenvalue weighted by Gasteiger charge is -2.20. The average Bonchev–Trinajstić information content (AvgIpc) is 2.74. The number of amides is 1. The summed E-state index contributed by atoms with van der Waals surface area (Å²) >= 11 is 0. The van der Waals surface area contributed by atoms with E-state index in [9.17, 15) is 4.79 Å². The second-order valence-corrected chi connectivity index (χ2v) is 5.81. The summed E-state index contributed by atoms with van der Waals surface area (Å²) in [6.07, 6.45) is 1.28. The molecule has 0 saturated heterocycles. The first kappa shape index (κ1) is 14.6. The number of hydrogen-bond acceptors (Lipinski definition) is 3. The molecule has 5 heteroatoms. The fourth-order valence-corrected chi connectivity index (χ4v) is 2.99. The molecule has 22 heavy (non-hydrogen) atoms. The molecular weight excluding hydrogens is 276 g/mol. The quantitative estimate of drug-likeness (QED) is 0.915. The number of nitrogens with zero attached hydrogens (tertiary/aromatic N) is 2. The Kier molecular flexibility index (Phi) is 4.13. The largest absolute Gasteiger partial charge is 0.383 e. The Morgan fingerprint density at radius 2 is 2.14 bits per heavy atom. The molecule has 116 valence electrons. The second kappa shape index (κ2) is 6.22. The lowest BCUT2D eigenvalue weighted by atomic mass is 10.1. The van der Waals surface area contributed by atoms with Crippen LogP contribution in [0.2, 0.25) is 0 Å². The second-order valence-electron chi connectivity index (χ2n) is 5.81. The number of nitrogens with one attached hydrogen (secondary N) is 2. The smallest absolute Gasteiger partial charge is 0.223 e. The maximum absolute atomic E-state index is 12.5. The molecule has 1 aromatic carbocycles. The van der Waals surface area contributed by atoms with E-state index in [4.69, 9.17) is 0 Å². The van der Waals surface area contributed by atoms with Crippen molar-refractivity contribution in [3.63, 3.8) is 0 Å². The number of benzene rings is 1. The fourth-order valence-electron chi connectivity index (χ4n) is 2.99. The van der Waals surface area contributed by atoms with Crippen molar-refractivity contribution < 1.29 is 4.79 Å². The van der Waals surface area contributed by atoms with E-state index in [-0.39, 0.29) is 5.91 Å². The molecule has 5 nitrogen and oxygen atoms in total. The van der Waals surface area contributed by atoms with Crippen LogP contribution < -0.4 is 5.32 Å². The van der Waals surface area contributed by atoms with Crippen LogP contribution in [0.1, 0.15) is 28.9 Å². The average molecular weight is 298 g/mol. The van der Waals surface area contributed by atoms with E-state index in [0.717, 1.165) is 36.6 Å². The molecule has 0 atom stereocenters. The van der Waals surface area contributed by atoms with Gasteiger partial charge in [0.05, 0.1) is 5.69 Å². The maximum atomic E-state index is 12.5. The molecule has 0 spiro atoms. The third-order valence-corrected chi connectivity index (χ3v) is 4.30. The van der Waals surface area contributed by atoms with E-state index in [1.165, 1.54) is 11.1 Å². The molecule has 1 amide bonds. The van der Waals surface area contributed by atoms with Crippen molar-refractivity contribution in [2.45, 2.75) is 33.2 Å². The van der Waals surface area contributed by atoms with E-state index in [1.807, 2.05) is 30.9 Å². The summed E-state index contributed by atoms with van der Waals surface area (Å²) in [4.78, 5) is 14.5. The molecule has 1 aromatic heterocycles. The van der Waals surface area contributed by atoms with Crippen LogP contribution in [-0.2, 0) is 17.8 Å². The standard InChI is InChI=1S/C17H22N4O/c1-12-15(13(2)20-19-12)7-8-17(22)21-10-9-18-16-6-4-3-5-14(16)11-21/h3-6,18H,7-11H2,1-2H3,(H,19,20). The van der Waals surface area contributed by atoms with Gasteiger partial charge in [-0.3, -0.25) is 9.89 Å². The zero-order valence-electron chi connectivity index (χ0n) is 13.1. The predicted octanol–water partition coefficient (Wildman–Crippen LogP) is 2.41. The number of carbonyl (C=O) groups is 1. The van der Waals surface area contributed by atoms with Crippen LogP contribution in [0, 0.1) is 13.8 Å². The van der Waals surface area contributed by atoms with Crippen molar-refractivity contribution in [1.82, 2.24) is 15.1 Å². The molecule has 0 aliphatic carbocycles. The zero-order valence-corrected chi connectivity index (χ0v) is 13.1. The molecule has 0 unspecified atom stereocenters. The van der Waals surface area contributed by atoms with Gasteiger partial charge in [0.15, 0.2) is 0 Å². The minimum absolute atomic E-state index is 0.207. The minimum Gasteiger partial charge on any atom is -0.383 e. The van der Waals surface area contributed by atoms with Crippen molar-refractivity contribution in [1.29, 1.82) is 0 Å². The molecule has 1 aliphatic heterocycles. The van der Waals surface area contributed by atoms with Crippen LogP contribution in [-0.4, -0.2) is 34.1 Å². The van der Waals surface area contributed by atoms with Crippen LogP contribution in [0.25, 0.3) is 0 Å². The topological polar surface area (TPSA) is 61.0 Å². The molecule has 0 radical (unpaired) electrons. The summed E-state index contributed by atoms with van der Waals surface area (Å²) in [6.45, 7) is 6.22. The predicted molar refractivity (Wildman–Crippen MR) is 86.7 cm³/mol. The first-order valence-corrected chi connectivity index (χ1v) is 7.75. The van der Waals surface area contributed by atoms with Gasteiger partial charge in [-0.05, 0) is 37.5 Å². The third kappa shape index (κ3) is 2.98. The number of fused-ring (bicyclic) bond motifs is 1. The lowest BCUT2D eigenvalue weighted by molar-refractivity contribution is -0.131. The number of aromatic nitrogens is 2. The van der Waals surface area contributed by atoms with E-state index in [2.05, 4.69) is 27.6 Å². The van der Waals surface area contributed by atoms with Crippen molar-refractivity contribution >= 4 is 11.6 Å². The Hall–Kier alpha value is -2.30. The van der Waals surface area contributed by atoms with Gasteiger partial charge in [-0.25, -0.2) is 0 Å². The van der Waals surface area contributed by atoms with E-state index < -0.39 is 0 Å². The monoisotopic (exact) mass is 298 g/mol. The van der Waals surface area contributed by atoms with Crippen molar-refractivity contribution in [3.05, 3.63) is 46.8 Å². The van der Waals surface area contributed by atoms with Gasteiger partial charge >= 0.3 is 0 Å². The highest BCUT2D eigenvalue weighted by Crippen LogP contribution is 2.20. The Morgan fingerprint density at radius 3 is 2.91 bits per heavy atom. The van der Waals surface area contributed by atoms with Crippen molar-refractivity contribution in [2.75, 3.05) is 18.4 Å². The number of H-pyrrole nitrogens is 1. The highest BCUT2D eigenvalue weighted by molar-refractivity contribution is 5.77. The van der Waals surface area contributed by atoms with Crippen molar-refractivity contribution in [3.8, 4) is 0 Å². The number of aromatic amines is 1. The number of para-hydroxylation sites is 1. The molecule has 3 rings (SSSR count). The summed E-state index contributed by atoms with van der Waals surface area (Å²) in [6, 6.07) is 8.19. The van der Waals surface area contributed by atoms with Gasteiger partial charge in [0.25, 0.3) is 0 Å². The number of hydrogen-bond donors (Lipinski definition) is 2. The molecule has 1 aliphatic rings. The normalized spacial score (nSPS) is 14.2. The van der Waals surface area contributed by atoms with Gasteiger partial charge in [0.1, 0.15) is 0 Å². The molecule has 0 bridgehead atoms. The Labute approximate surface area is 130 Å². The maximum Gasteiger partial charge on any atom is 0.223 e. The number of aryl methyl sites for hydroxylation is 2. The van der Waals surface area contributed by atoms with Crippen LogP contribution in [0.15, 0.2) is 24.3 Å². The summed E-state index contributed by atoms with van der Waals surface area (Å²) in [5, 5.41) is 10.6. The third-order valence-electron chi connectivity index (χ3n) is 4.30.